The van der Waals surface area contributed by atoms with Crippen LogP contribution in [-0.2, 0) is 0 Å². The van der Waals surface area contributed by atoms with Crippen molar-refractivity contribution in [1.29, 1.82) is 0 Å². The normalized spacial score (nSPS) is 26.2. The third kappa shape index (κ3) is 1.25. The van der Waals surface area contributed by atoms with Gasteiger partial charge in [-0.3, -0.25) is 0 Å². The lowest BCUT2D eigenvalue weighted by Crippen LogP contribution is -2.06. The molecule has 1 aromatic rings. The van der Waals surface area contributed by atoms with Crippen molar-refractivity contribution in [2.75, 3.05) is 10.7 Å². The molecule has 12 heavy (non-hydrogen) atoms. The zero-order chi connectivity index (χ0) is 8.55. The van der Waals surface area contributed by atoms with E-state index in [0.29, 0.717) is 11.8 Å². The van der Waals surface area contributed by atoms with Crippen LogP contribution in [0.1, 0.15) is 23.0 Å². The van der Waals surface area contributed by atoms with Gasteiger partial charge < -0.3 is 0 Å². The van der Waals surface area contributed by atoms with Crippen molar-refractivity contribution in [2.45, 2.75) is 11.8 Å². The predicted octanol–water partition coefficient (Wildman–Crippen LogP) is 3.66. The molecule has 2 atom stereocenters. The summed E-state index contributed by atoms with van der Waals surface area (Å²) in [7, 11) is 0. The maximum Gasteiger partial charge on any atom is 0.0106 e. The highest BCUT2D eigenvalue weighted by Gasteiger charge is 2.28. The molecule has 0 N–H and O–H groups in total. The number of hydrogen-bond acceptors (Lipinski definition) is 0. The van der Waals surface area contributed by atoms with Crippen molar-refractivity contribution in [1.82, 2.24) is 0 Å². The number of hydrogen-bond donors (Lipinski definition) is 0. The van der Waals surface area contributed by atoms with Gasteiger partial charge in [0.15, 0.2) is 0 Å². The number of rotatable bonds is 2. The quantitative estimate of drug-likeness (QED) is 0.729. The van der Waals surface area contributed by atoms with E-state index >= 15 is 0 Å². The van der Waals surface area contributed by atoms with Gasteiger partial charge in [0.25, 0.3) is 0 Å². The largest absolute Gasteiger partial charge is 0.0921 e. The minimum Gasteiger partial charge on any atom is -0.0921 e. The fourth-order valence-electron chi connectivity index (χ4n) is 1.88. The summed E-state index contributed by atoms with van der Waals surface area (Å²) in [5.41, 5.74) is 2.96. The Morgan fingerprint density at radius 1 is 1.00 bits per heavy atom. The number of alkyl halides is 2. The molecular weight excluding hydrogens is 280 g/mol. The van der Waals surface area contributed by atoms with Crippen LogP contribution in [-0.4, -0.2) is 10.7 Å². The SMILES string of the molecule is BrCC1c2cccc(c2)C1CBr. The average Bonchev–Trinajstić information content (AvgIpc) is 2.36. The lowest BCUT2D eigenvalue weighted by Gasteiger charge is -2.15. The van der Waals surface area contributed by atoms with Crippen molar-refractivity contribution >= 4 is 31.9 Å². The van der Waals surface area contributed by atoms with Gasteiger partial charge in [0, 0.05) is 22.5 Å². The first kappa shape index (κ1) is 8.76. The molecule has 2 heteroatoms. The molecule has 2 bridgehead atoms. The molecule has 1 aliphatic rings. The third-order valence-corrected chi connectivity index (χ3v) is 3.98. The smallest absolute Gasteiger partial charge is 0.0106 e. The topological polar surface area (TPSA) is 0 Å². The van der Waals surface area contributed by atoms with E-state index in [1.807, 2.05) is 0 Å². The van der Waals surface area contributed by atoms with Crippen LogP contribution in [0.2, 0.25) is 0 Å². The number of halogens is 2. The molecule has 0 radical (unpaired) electrons. The van der Waals surface area contributed by atoms with Crippen molar-refractivity contribution in [2.24, 2.45) is 0 Å². The van der Waals surface area contributed by atoms with Crippen molar-refractivity contribution in [3.63, 3.8) is 0 Å². The summed E-state index contributed by atoms with van der Waals surface area (Å²) in [4.78, 5) is 0. The van der Waals surface area contributed by atoms with E-state index in [1.54, 1.807) is 0 Å². The van der Waals surface area contributed by atoms with Gasteiger partial charge in [-0.15, -0.1) is 0 Å². The zero-order valence-corrected chi connectivity index (χ0v) is 9.81. The summed E-state index contributed by atoms with van der Waals surface area (Å²) in [5, 5.41) is 2.13. The molecule has 0 aliphatic heterocycles. The molecule has 0 saturated carbocycles. The van der Waals surface area contributed by atoms with Crippen LogP contribution in [0.25, 0.3) is 0 Å². The molecule has 0 heterocycles. The highest BCUT2D eigenvalue weighted by Crippen LogP contribution is 2.42. The molecule has 0 nitrogen and oxygen atoms in total. The van der Waals surface area contributed by atoms with Gasteiger partial charge in [-0.1, -0.05) is 56.1 Å². The lowest BCUT2D eigenvalue weighted by atomic mass is 9.95. The standard InChI is InChI=1S/C10H10Br2/c11-5-9-7-2-1-3-8(4-7)10(9)6-12/h1-4,9-10H,5-6H2. The Kier molecular flexibility index (Phi) is 2.56. The second-order valence-electron chi connectivity index (χ2n) is 3.19. The van der Waals surface area contributed by atoms with Crippen LogP contribution in [0.4, 0.5) is 0 Å². The van der Waals surface area contributed by atoms with Crippen LogP contribution >= 0.6 is 31.9 Å². The molecule has 64 valence electrons. The summed E-state index contributed by atoms with van der Waals surface area (Å²) in [5.74, 6) is 1.35. The van der Waals surface area contributed by atoms with Gasteiger partial charge in [0.2, 0.25) is 0 Å². The second kappa shape index (κ2) is 3.51. The first-order valence-corrected chi connectivity index (χ1v) is 6.33. The molecule has 0 saturated heterocycles. The monoisotopic (exact) mass is 288 g/mol. The molecule has 1 aliphatic carbocycles. The Morgan fingerprint density at radius 3 is 1.92 bits per heavy atom. The van der Waals surface area contributed by atoms with Crippen LogP contribution in [0.15, 0.2) is 24.3 Å². The maximum absolute atomic E-state index is 3.57. The van der Waals surface area contributed by atoms with Crippen molar-refractivity contribution in [3.05, 3.63) is 35.4 Å². The van der Waals surface area contributed by atoms with E-state index in [2.05, 4.69) is 56.1 Å². The van der Waals surface area contributed by atoms with E-state index in [0.717, 1.165) is 10.7 Å². The highest BCUT2D eigenvalue weighted by atomic mass is 79.9. The summed E-state index contributed by atoms with van der Waals surface area (Å²) < 4.78 is 0. The first-order valence-electron chi connectivity index (χ1n) is 4.08. The Labute approximate surface area is 89.6 Å². The number of benzene rings is 1. The van der Waals surface area contributed by atoms with Crippen molar-refractivity contribution < 1.29 is 0 Å². The van der Waals surface area contributed by atoms with E-state index in [-0.39, 0.29) is 0 Å². The van der Waals surface area contributed by atoms with Gasteiger partial charge >= 0.3 is 0 Å². The van der Waals surface area contributed by atoms with E-state index in [9.17, 15) is 0 Å². The van der Waals surface area contributed by atoms with Gasteiger partial charge in [-0.25, -0.2) is 0 Å². The molecule has 0 spiro atoms. The van der Waals surface area contributed by atoms with Gasteiger partial charge in [0.05, 0.1) is 0 Å². The Hall–Kier alpha value is 0.180. The molecule has 0 amide bonds. The molecular formula is C10H10Br2. The predicted molar refractivity (Wildman–Crippen MR) is 59.5 cm³/mol. The summed E-state index contributed by atoms with van der Waals surface area (Å²) in [6.07, 6.45) is 0. The van der Waals surface area contributed by atoms with E-state index in [4.69, 9.17) is 0 Å². The fourth-order valence-corrected chi connectivity index (χ4v) is 3.53. The molecule has 1 aromatic carbocycles. The maximum atomic E-state index is 3.57. The van der Waals surface area contributed by atoms with Crippen LogP contribution < -0.4 is 0 Å². The summed E-state index contributed by atoms with van der Waals surface area (Å²) in [6.45, 7) is 0. The van der Waals surface area contributed by atoms with E-state index in [1.165, 1.54) is 11.1 Å². The van der Waals surface area contributed by atoms with Crippen LogP contribution in [0.3, 0.4) is 0 Å². The van der Waals surface area contributed by atoms with Crippen LogP contribution in [0.5, 0.6) is 0 Å². The van der Waals surface area contributed by atoms with Gasteiger partial charge in [-0.2, -0.15) is 0 Å². The van der Waals surface area contributed by atoms with Gasteiger partial charge in [-0.05, 0) is 11.1 Å². The lowest BCUT2D eigenvalue weighted by molar-refractivity contribution is 0.682. The highest BCUT2D eigenvalue weighted by molar-refractivity contribution is 9.09. The van der Waals surface area contributed by atoms with Crippen molar-refractivity contribution in [3.8, 4) is 0 Å². The zero-order valence-electron chi connectivity index (χ0n) is 6.63. The Balaban J connectivity index is 2.38. The average molecular weight is 290 g/mol. The third-order valence-electron chi connectivity index (χ3n) is 2.59. The van der Waals surface area contributed by atoms with E-state index < -0.39 is 0 Å². The minimum absolute atomic E-state index is 0.675. The summed E-state index contributed by atoms with van der Waals surface area (Å²) in [6, 6.07) is 8.91. The molecule has 2 unspecified atom stereocenters. The second-order valence-corrected chi connectivity index (χ2v) is 4.49. The fraction of sp³-hybridized carbons (Fsp3) is 0.400. The molecule has 0 aromatic heterocycles. The molecule has 2 rings (SSSR count). The summed E-state index contributed by atoms with van der Waals surface area (Å²) >= 11 is 7.14. The Morgan fingerprint density at radius 2 is 1.50 bits per heavy atom. The number of fused-ring (bicyclic) bond motifs is 2. The van der Waals surface area contributed by atoms with Crippen LogP contribution in [0, 0.1) is 0 Å². The minimum atomic E-state index is 0.675. The first-order chi connectivity index (χ1) is 5.86. The van der Waals surface area contributed by atoms with Gasteiger partial charge in [0.1, 0.15) is 0 Å². The Bertz CT molecular complexity index is 258. The molecule has 0 fully saturated rings.